The molecule has 0 aromatic carbocycles. The lowest BCUT2D eigenvalue weighted by atomic mass is 9.94. The van der Waals surface area contributed by atoms with Gasteiger partial charge >= 0.3 is 5.97 Å². The van der Waals surface area contributed by atoms with Gasteiger partial charge in [-0.05, 0) is 44.2 Å². The van der Waals surface area contributed by atoms with E-state index in [-0.39, 0.29) is 5.56 Å². The third kappa shape index (κ3) is 3.32. The summed E-state index contributed by atoms with van der Waals surface area (Å²) in [5.74, 6) is 0.358. The minimum Gasteiger partial charge on any atom is -0.478 e. The van der Waals surface area contributed by atoms with E-state index < -0.39 is 5.97 Å². The number of rotatable bonds is 4. The van der Waals surface area contributed by atoms with Gasteiger partial charge in [0, 0.05) is 12.2 Å². The number of aryl methyl sites for hydroxylation is 1. The van der Waals surface area contributed by atoms with Crippen LogP contribution in [0.2, 0.25) is 0 Å². The summed E-state index contributed by atoms with van der Waals surface area (Å²) < 4.78 is 0. The summed E-state index contributed by atoms with van der Waals surface area (Å²) in [4.78, 5) is 15.3. The zero-order valence-electron chi connectivity index (χ0n) is 10.5. The van der Waals surface area contributed by atoms with Gasteiger partial charge < -0.3 is 10.4 Å². The van der Waals surface area contributed by atoms with Crippen molar-refractivity contribution in [3.8, 4) is 0 Å². The van der Waals surface area contributed by atoms with Crippen LogP contribution in [-0.4, -0.2) is 22.6 Å². The van der Waals surface area contributed by atoms with Gasteiger partial charge in [0.05, 0.1) is 5.56 Å². The molecule has 4 nitrogen and oxygen atoms in total. The van der Waals surface area contributed by atoms with Crippen molar-refractivity contribution in [2.24, 2.45) is 5.92 Å². The van der Waals surface area contributed by atoms with Crippen LogP contribution in [0, 0.1) is 12.8 Å². The number of carbonyl (C=O) groups is 1. The zero-order chi connectivity index (χ0) is 13.0. The number of nitrogens with one attached hydrogen (secondary N) is 1. The maximum Gasteiger partial charge on any atom is 0.335 e. The van der Waals surface area contributed by atoms with Gasteiger partial charge in [-0.3, -0.25) is 0 Å². The van der Waals surface area contributed by atoms with E-state index >= 15 is 0 Å². The lowest BCUT2D eigenvalue weighted by molar-refractivity contribution is 0.0696. The van der Waals surface area contributed by atoms with E-state index in [1.54, 1.807) is 19.1 Å². The second-order valence-electron chi connectivity index (χ2n) is 4.72. The van der Waals surface area contributed by atoms with Crippen molar-refractivity contribution in [3.63, 3.8) is 0 Å². The molecule has 0 radical (unpaired) electrons. The molecule has 96 valence electrons. The fourth-order valence-electron chi connectivity index (χ4n) is 2.17. The van der Waals surface area contributed by atoms with Crippen molar-refractivity contribution < 1.29 is 9.90 Å². The molecule has 2 N–H and O–H groups in total. The van der Waals surface area contributed by atoms with Crippen molar-refractivity contribution in [3.05, 3.63) is 35.5 Å². The van der Waals surface area contributed by atoms with Crippen LogP contribution in [0.25, 0.3) is 0 Å². The highest BCUT2D eigenvalue weighted by atomic mass is 16.4. The second-order valence-corrected chi connectivity index (χ2v) is 4.72. The molecule has 0 bridgehead atoms. The first-order chi connectivity index (χ1) is 8.65. The number of pyridine rings is 1. The van der Waals surface area contributed by atoms with E-state index in [0.29, 0.717) is 11.7 Å². The smallest absolute Gasteiger partial charge is 0.335 e. The Hall–Kier alpha value is -1.84. The van der Waals surface area contributed by atoms with E-state index in [1.807, 2.05) is 0 Å². The highest BCUT2D eigenvalue weighted by molar-refractivity contribution is 5.88. The molecule has 0 saturated carbocycles. The van der Waals surface area contributed by atoms with Gasteiger partial charge in [0.2, 0.25) is 0 Å². The van der Waals surface area contributed by atoms with Gasteiger partial charge in [0.15, 0.2) is 0 Å². The van der Waals surface area contributed by atoms with E-state index in [1.165, 1.54) is 6.42 Å². The summed E-state index contributed by atoms with van der Waals surface area (Å²) in [5, 5.41) is 12.2. The molecule has 0 aliphatic heterocycles. The highest BCUT2D eigenvalue weighted by Crippen LogP contribution is 2.19. The summed E-state index contributed by atoms with van der Waals surface area (Å²) in [6.45, 7) is 2.65. The van der Waals surface area contributed by atoms with Gasteiger partial charge in [-0.25, -0.2) is 9.78 Å². The summed E-state index contributed by atoms with van der Waals surface area (Å²) in [6, 6.07) is 3.17. The van der Waals surface area contributed by atoms with E-state index in [2.05, 4.69) is 22.5 Å². The normalized spacial score (nSPS) is 18.6. The maximum atomic E-state index is 10.9. The minimum atomic E-state index is -0.913. The van der Waals surface area contributed by atoms with Gasteiger partial charge in [0.1, 0.15) is 5.82 Å². The molecule has 0 fully saturated rings. The second kappa shape index (κ2) is 5.67. The first-order valence-electron chi connectivity index (χ1n) is 6.26. The van der Waals surface area contributed by atoms with Crippen molar-refractivity contribution in [1.29, 1.82) is 0 Å². The van der Waals surface area contributed by atoms with Crippen LogP contribution < -0.4 is 5.32 Å². The Balaban J connectivity index is 2.00. The summed E-state index contributed by atoms with van der Waals surface area (Å²) in [7, 11) is 0. The average Bonchev–Trinajstić information content (AvgIpc) is 2.37. The molecule has 0 amide bonds. The van der Waals surface area contributed by atoms with Crippen molar-refractivity contribution in [2.45, 2.75) is 26.2 Å². The molecular formula is C14H18N2O2. The molecule has 1 aliphatic carbocycles. The van der Waals surface area contributed by atoms with Crippen LogP contribution in [-0.2, 0) is 0 Å². The van der Waals surface area contributed by atoms with Crippen LogP contribution in [0.3, 0.4) is 0 Å². The molecule has 18 heavy (non-hydrogen) atoms. The number of carboxylic acids is 1. The van der Waals surface area contributed by atoms with Crippen LogP contribution in [0.5, 0.6) is 0 Å². The summed E-state index contributed by atoms with van der Waals surface area (Å²) in [5.41, 5.74) is 1.01. The van der Waals surface area contributed by atoms with E-state index in [4.69, 9.17) is 5.11 Å². The molecule has 0 spiro atoms. The molecule has 1 atom stereocenters. The van der Waals surface area contributed by atoms with Crippen molar-refractivity contribution in [1.82, 2.24) is 4.98 Å². The molecule has 1 aliphatic rings. The van der Waals surface area contributed by atoms with E-state index in [9.17, 15) is 4.79 Å². The molecule has 1 unspecified atom stereocenters. The topological polar surface area (TPSA) is 62.2 Å². The third-order valence-electron chi connectivity index (χ3n) is 3.15. The molecule has 1 heterocycles. The monoisotopic (exact) mass is 246 g/mol. The van der Waals surface area contributed by atoms with Crippen LogP contribution >= 0.6 is 0 Å². The standard InChI is InChI=1S/C14H18N2O2/c1-10-7-12(14(17)18)8-13(16-10)15-9-11-5-3-2-4-6-11/h2-3,7-8,11H,4-6,9H2,1H3,(H,15,16)(H,17,18). The number of anilines is 1. The quantitative estimate of drug-likeness (QED) is 0.802. The van der Waals surface area contributed by atoms with E-state index in [0.717, 1.165) is 25.1 Å². The Morgan fingerprint density at radius 2 is 2.33 bits per heavy atom. The lowest BCUT2D eigenvalue weighted by Crippen LogP contribution is -2.16. The third-order valence-corrected chi connectivity index (χ3v) is 3.15. The number of aromatic carboxylic acids is 1. The highest BCUT2D eigenvalue weighted by Gasteiger charge is 2.11. The fraction of sp³-hybridized carbons (Fsp3) is 0.429. The van der Waals surface area contributed by atoms with Gasteiger partial charge in [0.25, 0.3) is 0 Å². The van der Waals surface area contributed by atoms with Crippen LogP contribution in [0.15, 0.2) is 24.3 Å². The number of hydrogen-bond acceptors (Lipinski definition) is 3. The van der Waals surface area contributed by atoms with Crippen molar-refractivity contribution >= 4 is 11.8 Å². The maximum absolute atomic E-state index is 10.9. The fourth-order valence-corrected chi connectivity index (χ4v) is 2.17. The molecule has 1 aromatic rings. The number of hydrogen-bond donors (Lipinski definition) is 2. The Kier molecular flexibility index (Phi) is 3.97. The summed E-state index contributed by atoms with van der Waals surface area (Å²) >= 11 is 0. The first-order valence-corrected chi connectivity index (χ1v) is 6.26. The van der Waals surface area contributed by atoms with Gasteiger partial charge in [-0.2, -0.15) is 0 Å². The Bertz CT molecular complexity index is 469. The largest absolute Gasteiger partial charge is 0.478 e. The number of carboxylic acid groups (broad SMARTS) is 1. The first kappa shape index (κ1) is 12.6. The Labute approximate surface area is 107 Å². The van der Waals surface area contributed by atoms with Crippen molar-refractivity contribution in [2.75, 3.05) is 11.9 Å². The Morgan fingerprint density at radius 3 is 3.00 bits per heavy atom. The van der Waals surface area contributed by atoms with Crippen LogP contribution in [0.4, 0.5) is 5.82 Å². The molecule has 1 aromatic heterocycles. The van der Waals surface area contributed by atoms with Gasteiger partial charge in [-0.15, -0.1) is 0 Å². The number of allylic oxidation sites excluding steroid dienone is 2. The number of aromatic nitrogens is 1. The minimum absolute atomic E-state index is 0.286. The molecular weight excluding hydrogens is 228 g/mol. The zero-order valence-corrected chi connectivity index (χ0v) is 10.5. The summed E-state index contributed by atoms with van der Waals surface area (Å²) in [6.07, 6.45) is 7.83. The lowest BCUT2D eigenvalue weighted by Gasteiger charge is -2.18. The molecule has 2 rings (SSSR count). The molecule has 4 heteroatoms. The number of nitrogens with zero attached hydrogens (tertiary/aromatic N) is 1. The predicted molar refractivity (Wildman–Crippen MR) is 70.9 cm³/mol. The van der Waals surface area contributed by atoms with Gasteiger partial charge in [-0.1, -0.05) is 12.2 Å². The predicted octanol–water partition coefficient (Wildman–Crippen LogP) is 2.86. The van der Waals surface area contributed by atoms with Crippen LogP contribution in [0.1, 0.15) is 35.3 Å². The SMILES string of the molecule is Cc1cc(C(=O)O)cc(NCC2CC=CCC2)n1. The average molecular weight is 246 g/mol. The Morgan fingerprint density at radius 1 is 1.50 bits per heavy atom. The molecule has 0 saturated heterocycles.